The highest BCUT2D eigenvalue weighted by atomic mass is 35.5. The molecule has 0 unspecified atom stereocenters. The predicted molar refractivity (Wildman–Crippen MR) is 107 cm³/mol. The number of carbonyl (C=O) groups is 1. The summed E-state index contributed by atoms with van der Waals surface area (Å²) >= 11 is 7.83. The van der Waals surface area contributed by atoms with Gasteiger partial charge in [-0.2, -0.15) is 0 Å². The number of rotatable bonds is 4. The maximum Gasteiger partial charge on any atom is 0.338 e. The molecule has 2 aliphatic rings. The Hall–Kier alpha value is -2.25. The zero-order chi connectivity index (χ0) is 19.8. The molecule has 1 aromatic carbocycles. The first-order chi connectivity index (χ1) is 13.5. The monoisotopic (exact) mass is 419 g/mol. The summed E-state index contributed by atoms with van der Waals surface area (Å²) in [5, 5.41) is 2.90. The van der Waals surface area contributed by atoms with Crippen LogP contribution in [0.3, 0.4) is 0 Å². The van der Waals surface area contributed by atoms with Crippen LogP contribution in [-0.2, 0) is 9.53 Å². The van der Waals surface area contributed by atoms with Crippen LogP contribution in [0, 0.1) is 11.7 Å². The molecule has 1 fully saturated rings. The molecule has 0 bridgehead atoms. The molecule has 4 rings (SSSR count). The minimum Gasteiger partial charge on any atom is -0.463 e. The number of hydrogen-bond donors (Lipinski definition) is 0. The lowest BCUT2D eigenvalue weighted by molar-refractivity contribution is -0.139. The number of amidine groups is 1. The zero-order valence-electron chi connectivity index (χ0n) is 15.5. The van der Waals surface area contributed by atoms with Crippen molar-refractivity contribution in [1.29, 1.82) is 0 Å². The van der Waals surface area contributed by atoms with Gasteiger partial charge in [-0.25, -0.2) is 14.2 Å². The van der Waals surface area contributed by atoms with Crippen molar-refractivity contribution < 1.29 is 13.9 Å². The number of thiazole rings is 1. The fourth-order valence-electron chi connectivity index (χ4n) is 3.70. The zero-order valence-corrected chi connectivity index (χ0v) is 17.1. The van der Waals surface area contributed by atoms with E-state index in [1.807, 2.05) is 5.38 Å². The predicted octanol–water partition coefficient (Wildman–Crippen LogP) is 4.60. The maximum atomic E-state index is 13.6. The van der Waals surface area contributed by atoms with Gasteiger partial charge in [0, 0.05) is 34.4 Å². The van der Waals surface area contributed by atoms with E-state index in [2.05, 4.69) is 16.8 Å². The Balaban J connectivity index is 1.91. The second-order valence-electron chi connectivity index (χ2n) is 6.86. The van der Waals surface area contributed by atoms with Gasteiger partial charge in [-0.05, 0) is 31.4 Å². The normalized spacial score (nSPS) is 21.6. The highest BCUT2D eigenvalue weighted by Gasteiger charge is 2.41. The summed E-state index contributed by atoms with van der Waals surface area (Å²) in [7, 11) is 0. The SMILES string of the molecule is CCOC(=O)C1=C2C[C@H](C)CN2C(c2nccs2)=N[C@H]1c1ccc(F)cc1Cl. The minimum absolute atomic E-state index is 0.231. The molecular weight excluding hydrogens is 401 g/mol. The molecule has 8 heteroatoms. The summed E-state index contributed by atoms with van der Waals surface area (Å²) in [5.41, 5.74) is 1.93. The van der Waals surface area contributed by atoms with Gasteiger partial charge in [-0.15, -0.1) is 11.3 Å². The summed E-state index contributed by atoms with van der Waals surface area (Å²) in [4.78, 5) is 24.2. The summed E-state index contributed by atoms with van der Waals surface area (Å²) < 4.78 is 19.0. The summed E-state index contributed by atoms with van der Waals surface area (Å²) in [6, 6.07) is 3.49. The molecule has 2 aliphatic heterocycles. The van der Waals surface area contributed by atoms with Gasteiger partial charge >= 0.3 is 5.97 Å². The van der Waals surface area contributed by atoms with Gasteiger partial charge < -0.3 is 9.64 Å². The van der Waals surface area contributed by atoms with E-state index in [4.69, 9.17) is 21.3 Å². The van der Waals surface area contributed by atoms with Crippen LogP contribution < -0.4 is 0 Å². The average molecular weight is 420 g/mol. The van der Waals surface area contributed by atoms with Crippen LogP contribution >= 0.6 is 22.9 Å². The molecule has 146 valence electrons. The molecule has 0 spiro atoms. The second kappa shape index (κ2) is 7.64. The quantitative estimate of drug-likeness (QED) is 0.680. The number of esters is 1. The number of aromatic nitrogens is 1. The first-order valence-corrected chi connectivity index (χ1v) is 10.4. The van der Waals surface area contributed by atoms with Gasteiger partial charge in [0.1, 0.15) is 11.9 Å². The lowest BCUT2D eigenvalue weighted by atomic mass is 9.94. The standard InChI is InChI=1S/C20H19ClFN3O2S/c1-3-27-20(26)16-15-8-11(2)10-25(15)18(19-23-6-7-28-19)24-17(16)13-5-4-12(22)9-14(13)21/h4-7,9,11,17H,3,8,10H2,1-2H3/t11-,17-/m0/s1. The van der Waals surface area contributed by atoms with E-state index in [1.54, 1.807) is 19.2 Å². The van der Waals surface area contributed by atoms with Crippen LogP contribution in [-0.4, -0.2) is 34.8 Å². The number of hydrogen-bond acceptors (Lipinski definition) is 6. The number of aliphatic imine (C=N–C) groups is 1. The highest BCUT2D eigenvalue weighted by molar-refractivity contribution is 7.11. The molecule has 2 aromatic rings. The van der Waals surface area contributed by atoms with Crippen LogP contribution in [0.15, 0.2) is 46.0 Å². The Morgan fingerprint density at radius 2 is 2.29 bits per heavy atom. The van der Waals surface area contributed by atoms with E-state index < -0.39 is 17.8 Å². The minimum atomic E-state index is -0.664. The number of benzene rings is 1. The maximum absolute atomic E-state index is 13.6. The largest absolute Gasteiger partial charge is 0.463 e. The van der Waals surface area contributed by atoms with Crippen molar-refractivity contribution in [2.45, 2.75) is 26.3 Å². The first-order valence-electron chi connectivity index (χ1n) is 9.09. The van der Waals surface area contributed by atoms with Crippen molar-refractivity contribution in [2.75, 3.05) is 13.2 Å². The summed E-state index contributed by atoms with van der Waals surface area (Å²) in [6.45, 7) is 4.91. The fraction of sp³-hybridized carbons (Fsp3) is 0.350. The summed E-state index contributed by atoms with van der Waals surface area (Å²) in [5.74, 6) is 0.221. The molecule has 1 saturated heterocycles. The van der Waals surface area contributed by atoms with Crippen molar-refractivity contribution >= 4 is 34.7 Å². The highest BCUT2D eigenvalue weighted by Crippen LogP contribution is 2.43. The van der Waals surface area contributed by atoms with E-state index in [-0.39, 0.29) is 11.6 Å². The van der Waals surface area contributed by atoms with Crippen LogP contribution in [0.2, 0.25) is 5.02 Å². The molecule has 0 saturated carbocycles. The average Bonchev–Trinajstić information content (AvgIpc) is 3.29. The third-order valence-corrected chi connectivity index (χ3v) is 5.93. The third kappa shape index (κ3) is 3.33. The van der Waals surface area contributed by atoms with E-state index in [1.165, 1.54) is 23.5 Å². The topological polar surface area (TPSA) is 54.8 Å². The molecule has 3 heterocycles. The number of nitrogens with zero attached hydrogens (tertiary/aromatic N) is 3. The van der Waals surface area contributed by atoms with Gasteiger partial charge in [0.15, 0.2) is 10.8 Å². The number of halogens is 2. The third-order valence-electron chi connectivity index (χ3n) is 4.83. The van der Waals surface area contributed by atoms with Crippen LogP contribution in [0.1, 0.15) is 36.9 Å². The van der Waals surface area contributed by atoms with Gasteiger partial charge in [-0.3, -0.25) is 4.99 Å². The lowest BCUT2D eigenvalue weighted by Crippen LogP contribution is -2.35. The van der Waals surface area contributed by atoms with Crippen molar-refractivity contribution in [3.05, 3.63) is 62.5 Å². The Morgan fingerprint density at radius 3 is 2.96 bits per heavy atom. The Bertz CT molecular complexity index is 974. The lowest BCUT2D eigenvalue weighted by Gasteiger charge is -2.31. The van der Waals surface area contributed by atoms with E-state index in [0.717, 1.165) is 23.7 Å². The molecule has 0 N–H and O–H groups in total. The molecule has 5 nitrogen and oxygen atoms in total. The van der Waals surface area contributed by atoms with E-state index in [0.29, 0.717) is 22.9 Å². The van der Waals surface area contributed by atoms with Gasteiger partial charge in [0.05, 0.1) is 12.2 Å². The number of allylic oxidation sites excluding steroid dienone is 1. The van der Waals surface area contributed by atoms with Crippen LogP contribution in [0.5, 0.6) is 0 Å². The molecule has 0 radical (unpaired) electrons. The van der Waals surface area contributed by atoms with Gasteiger partial charge in [0.2, 0.25) is 0 Å². The Morgan fingerprint density at radius 1 is 1.46 bits per heavy atom. The molecule has 0 amide bonds. The van der Waals surface area contributed by atoms with Crippen molar-refractivity contribution in [3.63, 3.8) is 0 Å². The fourth-order valence-corrected chi connectivity index (χ4v) is 4.61. The second-order valence-corrected chi connectivity index (χ2v) is 8.16. The first kappa shape index (κ1) is 19.1. The number of fused-ring (bicyclic) bond motifs is 1. The van der Waals surface area contributed by atoms with Gasteiger partial charge in [0.25, 0.3) is 0 Å². The molecule has 28 heavy (non-hydrogen) atoms. The molecular formula is C20H19ClFN3O2S. The number of ether oxygens (including phenoxy) is 1. The summed E-state index contributed by atoms with van der Waals surface area (Å²) in [6.07, 6.45) is 2.46. The van der Waals surface area contributed by atoms with E-state index in [9.17, 15) is 9.18 Å². The molecule has 1 aromatic heterocycles. The Kier molecular flexibility index (Phi) is 5.21. The number of carbonyl (C=O) groups excluding carboxylic acids is 1. The van der Waals surface area contributed by atoms with Crippen molar-refractivity contribution in [3.8, 4) is 0 Å². The Labute approximate surface area is 171 Å². The van der Waals surface area contributed by atoms with Crippen LogP contribution in [0.25, 0.3) is 0 Å². The smallest absolute Gasteiger partial charge is 0.338 e. The molecule has 2 atom stereocenters. The van der Waals surface area contributed by atoms with Crippen LogP contribution in [0.4, 0.5) is 4.39 Å². The van der Waals surface area contributed by atoms with E-state index >= 15 is 0 Å². The molecule has 0 aliphatic carbocycles. The van der Waals surface area contributed by atoms with Gasteiger partial charge in [-0.1, -0.05) is 24.6 Å². The van der Waals surface area contributed by atoms with Crippen molar-refractivity contribution in [1.82, 2.24) is 9.88 Å². The van der Waals surface area contributed by atoms with Crippen molar-refractivity contribution in [2.24, 2.45) is 10.9 Å².